The second kappa shape index (κ2) is 6.41. The first kappa shape index (κ1) is 15.1. The summed E-state index contributed by atoms with van der Waals surface area (Å²) in [7, 11) is 3.58. The van der Waals surface area contributed by atoms with Crippen molar-refractivity contribution in [2.24, 2.45) is 7.05 Å². The minimum atomic E-state index is -0.223. The van der Waals surface area contributed by atoms with E-state index in [9.17, 15) is 9.59 Å². The van der Waals surface area contributed by atoms with E-state index in [2.05, 4.69) is 10.6 Å². The van der Waals surface area contributed by atoms with Crippen LogP contribution < -0.4 is 16.2 Å². The van der Waals surface area contributed by atoms with E-state index in [1.54, 1.807) is 23.5 Å². The molecule has 0 saturated carbocycles. The van der Waals surface area contributed by atoms with Gasteiger partial charge in [-0.2, -0.15) is 0 Å². The molecule has 1 aromatic carbocycles. The minimum absolute atomic E-state index is 0.171. The van der Waals surface area contributed by atoms with Crippen molar-refractivity contribution in [3.63, 3.8) is 0 Å². The molecule has 6 nitrogen and oxygen atoms in total. The number of nitrogens with one attached hydrogen (secondary N) is 2. The fourth-order valence-electron chi connectivity index (χ4n) is 2.15. The van der Waals surface area contributed by atoms with Crippen LogP contribution in [0.3, 0.4) is 0 Å². The maximum absolute atomic E-state index is 12.5. The highest BCUT2D eigenvalue weighted by molar-refractivity contribution is 5.91. The van der Waals surface area contributed by atoms with Gasteiger partial charge in [-0.1, -0.05) is 18.2 Å². The zero-order chi connectivity index (χ0) is 15.4. The van der Waals surface area contributed by atoms with Crippen LogP contribution in [0.4, 0.5) is 5.69 Å². The Morgan fingerprint density at radius 1 is 1.24 bits per heavy atom. The van der Waals surface area contributed by atoms with Crippen LogP contribution in [0.25, 0.3) is 5.69 Å². The molecule has 0 aliphatic rings. The number of aromatic nitrogens is 2. The molecule has 0 fully saturated rings. The molecule has 0 aliphatic heterocycles. The molecular formula is C15H20N4O2. The summed E-state index contributed by atoms with van der Waals surface area (Å²) in [6, 6.07) is 9.34. The average Bonchev–Trinajstić information content (AvgIpc) is 2.70. The van der Waals surface area contributed by atoms with E-state index in [0.717, 1.165) is 11.4 Å². The summed E-state index contributed by atoms with van der Waals surface area (Å²) < 4.78 is 3.29. The molecule has 2 rings (SSSR count). The van der Waals surface area contributed by atoms with E-state index < -0.39 is 0 Å². The predicted octanol–water partition coefficient (Wildman–Crippen LogP) is 1.03. The third-order valence-corrected chi connectivity index (χ3v) is 3.42. The van der Waals surface area contributed by atoms with Gasteiger partial charge < -0.3 is 10.6 Å². The summed E-state index contributed by atoms with van der Waals surface area (Å²) in [4.78, 5) is 24.4. The summed E-state index contributed by atoms with van der Waals surface area (Å²) in [6.07, 6.45) is 0.329. The number of amides is 1. The maximum atomic E-state index is 12.5. The molecular weight excluding hydrogens is 268 g/mol. The highest BCUT2D eigenvalue weighted by atomic mass is 16.2. The Hall–Kier alpha value is -2.34. The molecule has 0 saturated heterocycles. The van der Waals surface area contributed by atoms with Crippen LogP contribution in [0.15, 0.2) is 35.1 Å². The van der Waals surface area contributed by atoms with Gasteiger partial charge in [-0.3, -0.25) is 14.3 Å². The Balaban J connectivity index is 2.37. The molecule has 21 heavy (non-hydrogen) atoms. The van der Waals surface area contributed by atoms with Gasteiger partial charge in [0.05, 0.1) is 11.4 Å². The number of carbonyl (C=O) groups excluding carboxylic acids is 1. The van der Waals surface area contributed by atoms with Crippen LogP contribution >= 0.6 is 0 Å². The van der Waals surface area contributed by atoms with E-state index in [0.29, 0.717) is 18.7 Å². The van der Waals surface area contributed by atoms with Crippen molar-refractivity contribution in [2.45, 2.75) is 13.3 Å². The van der Waals surface area contributed by atoms with Gasteiger partial charge in [0, 0.05) is 20.0 Å². The number of hydrogen-bond acceptors (Lipinski definition) is 3. The van der Waals surface area contributed by atoms with Gasteiger partial charge in [0.1, 0.15) is 5.69 Å². The monoisotopic (exact) mass is 288 g/mol. The topological polar surface area (TPSA) is 68.1 Å². The van der Waals surface area contributed by atoms with Gasteiger partial charge >= 0.3 is 0 Å². The number of rotatable bonds is 5. The molecule has 6 heteroatoms. The summed E-state index contributed by atoms with van der Waals surface area (Å²) in [5, 5.41) is 5.62. The predicted molar refractivity (Wildman–Crippen MR) is 82.9 cm³/mol. The first-order valence-electron chi connectivity index (χ1n) is 6.84. The largest absolute Gasteiger partial charge is 0.320 e. The van der Waals surface area contributed by atoms with E-state index in [1.807, 2.05) is 37.3 Å². The molecule has 0 aliphatic carbocycles. The molecule has 1 heterocycles. The number of nitrogens with zero attached hydrogens (tertiary/aromatic N) is 2. The van der Waals surface area contributed by atoms with Crippen LogP contribution in [0.1, 0.15) is 12.1 Å². The van der Waals surface area contributed by atoms with Crippen molar-refractivity contribution in [2.75, 3.05) is 18.9 Å². The molecule has 0 unspecified atom stereocenters. The number of para-hydroxylation sites is 1. The summed E-state index contributed by atoms with van der Waals surface area (Å²) >= 11 is 0. The lowest BCUT2D eigenvalue weighted by Gasteiger charge is -2.07. The summed E-state index contributed by atoms with van der Waals surface area (Å²) in [6.45, 7) is 2.39. The first-order chi connectivity index (χ1) is 10.1. The highest BCUT2D eigenvalue weighted by Gasteiger charge is 2.17. The summed E-state index contributed by atoms with van der Waals surface area (Å²) in [5.41, 5.74) is 1.60. The standard InChI is InChI=1S/C15H20N4O2/c1-11-14(17-13(20)9-10-16-2)15(21)19(18(11)3)12-7-5-4-6-8-12/h4-8,16H,9-10H2,1-3H3,(H,17,20). The Morgan fingerprint density at radius 3 is 2.52 bits per heavy atom. The van der Waals surface area contributed by atoms with Crippen LogP contribution in [-0.4, -0.2) is 28.9 Å². The van der Waals surface area contributed by atoms with Gasteiger partial charge in [0.15, 0.2) is 0 Å². The van der Waals surface area contributed by atoms with Crippen molar-refractivity contribution in [1.29, 1.82) is 0 Å². The lowest BCUT2D eigenvalue weighted by molar-refractivity contribution is -0.116. The number of anilines is 1. The fraction of sp³-hybridized carbons (Fsp3) is 0.333. The van der Waals surface area contributed by atoms with Crippen molar-refractivity contribution in [1.82, 2.24) is 14.7 Å². The summed E-state index contributed by atoms with van der Waals surface area (Å²) in [5.74, 6) is -0.171. The molecule has 1 aromatic heterocycles. The maximum Gasteiger partial charge on any atom is 0.295 e. The van der Waals surface area contributed by atoms with E-state index in [-0.39, 0.29) is 11.5 Å². The molecule has 2 aromatic rings. The molecule has 0 spiro atoms. The van der Waals surface area contributed by atoms with Crippen molar-refractivity contribution in [3.05, 3.63) is 46.4 Å². The van der Waals surface area contributed by atoms with Crippen molar-refractivity contribution in [3.8, 4) is 5.69 Å². The lowest BCUT2D eigenvalue weighted by Crippen LogP contribution is -2.24. The van der Waals surface area contributed by atoms with Gasteiger partial charge in [0.25, 0.3) is 5.56 Å². The van der Waals surface area contributed by atoms with Crippen LogP contribution in [0.5, 0.6) is 0 Å². The van der Waals surface area contributed by atoms with Gasteiger partial charge in [-0.15, -0.1) is 0 Å². The third kappa shape index (κ3) is 3.05. The lowest BCUT2D eigenvalue weighted by atomic mass is 10.3. The van der Waals surface area contributed by atoms with E-state index in [1.165, 1.54) is 0 Å². The molecule has 1 amide bonds. The van der Waals surface area contributed by atoms with Crippen molar-refractivity contribution < 1.29 is 4.79 Å². The number of carbonyl (C=O) groups is 1. The van der Waals surface area contributed by atoms with Gasteiger partial charge in [-0.25, -0.2) is 4.68 Å². The number of benzene rings is 1. The first-order valence-corrected chi connectivity index (χ1v) is 6.84. The number of hydrogen-bond donors (Lipinski definition) is 2. The van der Waals surface area contributed by atoms with Gasteiger partial charge in [-0.05, 0) is 26.1 Å². The molecule has 112 valence electrons. The normalized spacial score (nSPS) is 10.6. The molecule has 0 atom stereocenters. The molecule has 2 N–H and O–H groups in total. The zero-order valence-electron chi connectivity index (χ0n) is 12.5. The Kier molecular flexibility index (Phi) is 4.59. The molecule has 0 bridgehead atoms. The SMILES string of the molecule is CNCCC(=O)Nc1c(C)n(C)n(-c2ccccc2)c1=O. The highest BCUT2D eigenvalue weighted by Crippen LogP contribution is 2.13. The Labute approximate surface area is 123 Å². The third-order valence-electron chi connectivity index (χ3n) is 3.42. The minimum Gasteiger partial charge on any atom is -0.320 e. The smallest absolute Gasteiger partial charge is 0.295 e. The second-order valence-corrected chi connectivity index (χ2v) is 4.84. The fourth-order valence-corrected chi connectivity index (χ4v) is 2.15. The quantitative estimate of drug-likeness (QED) is 0.863. The van der Waals surface area contributed by atoms with Crippen LogP contribution in [0, 0.1) is 6.92 Å². The van der Waals surface area contributed by atoms with Gasteiger partial charge in [0.2, 0.25) is 5.91 Å². The molecule has 0 radical (unpaired) electrons. The average molecular weight is 288 g/mol. The van der Waals surface area contributed by atoms with Crippen LogP contribution in [-0.2, 0) is 11.8 Å². The Morgan fingerprint density at radius 2 is 1.90 bits per heavy atom. The van der Waals surface area contributed by atoms with Crippen LogP contribution in [0.2, 0.25) is 0 Å². The second-order valence-electron chi connectivity index (χ2n) is 4.84. The van der Waals surface area contributed by atoms with E-state index in [4.69, 9.17) is 0 Å². The Bertz CT molecular complexity index is 686. The zero-order valence-corrected chi connectivity index (χ0v) is 12.5. The van der Waals surface area contributed by atoms with E-state index >= 15 is 0 Å². The van der Waals surface area contributed by atoms with Crippen molar-refractivity contribution >= 4 is 11.6 Å².